The van der Waals surface area contributed by atoms with Crippen LogP contribution in [-0.4, -0.2) is 36.0 Å². The lowest BCUT2D eigenvalue weighted by atomic mass is 9.83. The topological polar surface area (TPSA) is 57.2 Å². The van der Waals surface area contributed by atoms with Gasteiger partial charge in [0, 0.05) is 24.7 Å². The van der Waals surface area contributed by atoms with Crippen molar-refractivity contribution >= 4 is 11.1 Å². The van der Waals surface area contributed by atoms with Crippen molar-refractivity contribution in [1.82, 2.24) is 4.90 Å². The summed E-state index contributed by atoms with van der Waals surface area (Å²) < 4.78 is 36.0. The Morgan fingerprint density at radius 1 is 1.18 bits per heavy atom. The normalized spacial score (nSPS) is 20.0. The van der Waals surface area contributed by atoms with Crippen LogP contribution in [0.3, 0.4) is 0 Å². The van der Waals surface area contributed by atoms with Crippen molar-refractivity contribution < 1.29 is 22.6 Å². The van der Waals surface area contributed by atoms with Crippen LogP contribution in [-0.2, 0) is 30.5 Å². The number of allylic oxidation sites excluding steroid dienone is 3. The number of hydrogen-bond donors (Lipinski definition) is 0. The Bertz CT molecular complexity index is 1170. The minimum Gasteiger partial charge on any atom is -0.493 e. The van der Waals surface area contributed by atoms with Gasteiger partial charge in [0.1, 0.15) is 13.2 Å². The molecular formula is C26H27NO5S. The average Bonchev–Trinajstić information content (AvgIpc) is 2.85. The zero-order valence-electron chi connectivity index (χ0n) is 18.7. The van der Waals surface area contributed by atoms with Crippen LogP contribution < -0.4 is 18.4 Å². The molecule has 3 aliphatic heterocycles. The number of fused-ring (bicyclic) bond motifs is 5. The summed E-state index contributed by atoms with van der Waals surface area (Å²) in [4.78, 5) is 2.90. The number of rotatable bonds is 6. The van der Waals surface area contributed by atoms with Crippen molar-refractivity contribution in [3.05, 3.63) is 82.8 Å². The molecule has 0 saturated heterocycles. The molecule has 0 saturated carbocycles. The van der Waals surface area contributed by atoms with Crippen LogP contribution >= 0.6 is 0 Å². The molecule has 2 atom stereocenters. The molecule has 33 heavy (non-hydrogen) atoms. The predicted octanol–water partition coefficient (Wildman–Crippen LogP) is 4.42. The molecule has 2 aromatic rings. The van der Waals surface area contributed by atoms with Crippen molar-refractivity contribution in [3.63, 3.8) is 0 Å². The number of ether oxygens (including phenoxy) is 3. The highest BCUT2D eigenvalue weighted by Crippen LogP contribution is 2.46. The number of hydrogen-bond acceptors (Lipinski definition) is 6. The Labute approximate surface area is 196 Å². The molecular weight excluding hydrogens is 438 g/mol. The summed E-state index contributed by atoms with van der Waals surface area (Å²) in [5.74, 6) is 2.77. The minimum atomic E-state index is -1.72. The van der Waals surface area contributed by atoms with Crippen LogP contribution in [0.2, 0.25) is 0 Å². The SMILES string of the molecule is C=C/C=C(\C=C)S(=O)Oc1c(OC)ccc2c1CN1CCc3cc4c(cc3C1C2)OCCO4. The molecule has 5 rings (SSSR count). The Balaban J connectivity index is 1.50. The zero-order chi connectivity index (χ0) is 22.9. The first-order chi connectivity index (χ1) is 16.1. The van der Waals surface area contributed by atoms with Crippen LogP contribution in [0.15, 0.2) is 60.6 Å². The van der Waals surface area contributed by atoms with Gasteiger partial charge in [-0.05, 0) is 59.9 Å². The van der Waals surface area contributed by atoms with Gasteiger partial charge in [-0.15, -0.1) is 0 Å². The monoisotopic (exact) mass is 465 g/mol. The number of nitrogens with zero attached hydrogens (tertiary/aromatic N) is 1. The van der Waals surface area contributed by atoms with Gasteiger partial charge in [0.25, 0.3) is 0 Å². The molecule has 3 aliphatic rings. The van der Waals surface area contributed by atoms with E-state index in [9.17, 15) is 4.21 Å². The molecule has 2 aromatic carbocycles. The number of methoxy groups -OCH3 is 1. The lowest BCUT2D eigenvalue weighted by Crippen LogP contribution is -2.39. The fourth-order valence-corrected chi connectivity index (χ4v) is 5.60. The van der Waals surface area contributed by atoms with Crippen LogP contribution in [0.4, 0.5) is 0 Å². The van der Waals surface area contributed by atoms with Gasteiger partial charge >= 0.3 is 0 Å². The summed E-state index contributed by atoms with van der Waals surface area (Å²) in [5, 5.41) is 0. The third-order valence-corrected chi connectivity index (χ3v) is 7.43. The molecule has 3 heterocycles. The molecule has 0 radical (unpaired) electrons. The maximum absolute atomic E-state index is 12.9. The van der Waals surface area contributed by atoms with Gasteiger partial charge in [0.15, 0.2) is 23.0 Å². The smallest absolute Gasteiger partial charge is 0.240 e. The second kappa shape index (κ2) is 9.08. The van der Waals surface area contributed by atoms with Gasteiger partial charge in [0.2, 0.25) is 11.1 Å². The maximum Gasteiger partial charge on any atom is 0.240 e. The molecule has 0 amide bonds. The van der Waals surface area contributed by atoms with Crippen molar-refractivity contribution in [3.8, 4) is 23.0 Å². The molecule has 0 fully saturated rings. The maximum atomic E-state index is 12.9. The first kappa shape index (κ1) is 21.8. The average molecular weight is 466 g/mol. The van der Waals surface area contributed by atoms with E-state index < -0.39 is 11.1 Å². The van der Waals surface area contributed by atoms with Crippen LogP contribution in [0, 0.1) is 0 Å². The van der Waals surface area contributed by atoms with Crippen molar-refractivity contribution in [1.29, 1.82) is 0 Å². The summed E-state index contributed by atoms with van der Waals surface area (Å²) in [6.07, 6.45) is 6.48. The van der Waals surface area contributed by atoms with Crippen LogP contribution in [0.25, 0.3) is 0 Å². The molecule has 0 aliphatic carbocycles. The summed E-state index contributed by atoms with van der Waals surface area (Å²) in [7, 11) is 1.60. The largest absolute Gasteiger partial charge is 0.493 e. The Hall–Kier alpha value is -3.03. The summed E-state index contributed by atoms with van der Waals surface area (Å²) in [6.45, 7) is 10.2. The molecule has 6 nitrogen and oxygen atoms in total. The quantitative estimate of drug-likeness (QED) is 0.589. The highest BCUT2D eigenvalue weighted by molar-refractivity contribution is 7.84. The minimum absolute atomic E-state index is 0.244. The Morgan fingerprint density at radius 3 is 2.70 bits per heavy atom. The zero-order valence-corrected chi connectivity index (χ0v) is 19.5. The van der Waals surface area contributed by atoms with E-state index in [1.807, 2.05) is 6.07 Å². The fraction of sp³-hybridized carbons (Fsp3) is 0.308. The van der Waals surface area contributed by atoms with Crippen molar-refractivity contribution in [2.45, 2.75) is 25.4 Å². The van der Waals surface area contributed by atoms with E-state index in [2.05, 4.69) is 36.3 Å². The third-order valence-electron chi connectivity index (χ3n) is 6.42. The van der Waals surface area contributed by atoms with Gasteiger partial charge < -0.3 is 18.4 Å². The Kier molecular flexibility index (Phi) is 6.00. The molecule has 0 bridgehead atoms. The van der Waals surface area contributed by atoms with Gasteiger partial charge in [-0.2, -0.15) is 0 Å². The molecule has 7 heteroatoms. The predicted molar refractivity (Wildman–Crippen MR) is 128 cm³/mol. The van der Waals surface area contributed by atoms with Gasteiger partial charge in [-0.25, -0.2) is 4.21 Å². The van der Waals surface area contributed by atoms with Crippen molar-refractivity contribution in [2.75, 3.05) is 26.9 Å². The van der Waals surface area contributed by atoms with Crippen LogP contribution in [0.5, 0.6) is 23.0 Å². The lowest BCUT2D eigenvalue weighted by Gasteiger charge is -2.42. The summed E-state index contributed by atoms with van der Waals surface area (Å²) in [6, 6.07) is 8.51. The van der Waals surface area contributed by atoms with E-state index in [-0.39, 0.29) is 6.04 Å². The van der Waals surface area contributed by atoms with Gasteiger partial charge in [0.05, 0.1) is 12.0 Å². The first-order valence-electron chi connectivity index (χ1n) is 11.0. The molecule has 0 spiro atoms. The van der Waals surface area contributed by atoms with E-state index in [0.717, 1.165) is 36.4 Å². The molecule has 0 aromatic heterocycles. The third kappa shape index (κ3) is 3.96. The van der Waals surface area contributed by atoms with E-state index in [0.29, 0.717) is 36.2 Å². The second-order valence-corrected chi connectivity index (χ2v) is 9.30. The van der Waals surface area contributed by atoms with E-state index in [4.69, 9.17) is 18.4 Å². The lowest BCUT2D eigenvalue weighted by molar-refractivity contribution is 0.152. The van der Waals surface area contributed by atoms with Gasteiger partial charge in [-0.3, -0.25) is 4.90 Å². The first-order valence-corrected chi connectivity index (χ1v) is 12.1. The fourth-order valence-electron chi connectivity index (χ4n) is 4.82. The second-order valence-electron chi connectivity index (χ2n) is 8.20. The van der Waals surface area contributed by atoms with E-state index in [1.54, 1.807) is 19.3 Å². The van der Waals surface area contributed by atoms with E-state index >= 15 is 0 Å². The van der Waals surface area contributed by atoms with E-state index in [1.165, 1.54) is 22.8 Å². The standard InChI is InChI=1S/C26H27NO5S/c1-4-6-19(5-2)33(28)32-26-21-16-27-10-9-18-14-24-25(31-12-11-30-24)15-20(18)22(27)13-17(21)7-8-23(26)29-3/h4-8,14-15,22H,1-2,9-13,16H2,3H3/b19-6+. The highest BCUT2D eigenvalue weighted by Gasteiger charge is 2.36. The highest BCUT2D eigenvalue weighted by atomic mass is 32.2. The molecule has 0 N–H and O–H groups in total. The van der Waals surface area contributed by atoms with Gasteiger partial charge in [-0.1, -0.05) is 25.3 Å². The molecule has 172 valence electrons. The Morgan fingerprint density at radius 2 is 1.97 bits per heavy atom. The molecule has 2 unspecified atom stereocenters. The summed E-state index contributed by atoms with van der Waals surface area (Å²) >= 11 is -1.72. The van der Waals surface area contributed by atoms with Crippen LogP contribution in [0.1, 0.15) is 28.3 Å². The van der Waals surface area contributed by atoms with Crippen molar-refractivity contribution in [2.24, 2.45) is 0 Å². The summed E-state index contributed by atoms with van der Waals surface area (Å²) in [5.41, 5.74) is 4.79. The number of benzene rings is 2.